The van der Waals surface area contributed by atoms with E-state index in [0.717, 1.165) is 55.7 Å². The Balaban J connectivity index is 0.000000332. The predicted molar refractivity (Wildman–Crippen MR) is 265 cm³/mol. The largest absolute Gasteiger partial charge is 0.501 e. The van der Waals surface area contributed by atoms with Gasteiger partial charge < -0.3 is 8.98 Å². The maximum Gasteiger partial charge on any atom is 0.121 e. The molecule has 0 unspecified atom stereocenters. The summed E-state index contributed by atoms with van der Waals surface area (Å²) >= 11 is 0. The van der Waals surface area contributed by atoms with Crippen molar-refractivity contribution in [3.8, 4) is 39.6 Å². The van der Waals surface area contributed by atoms with Crippen molar-refractivity contribution in [2.45, 2.75) is 39.5 Å². The molecule has 0 atom stereocenters. The molecule has 0 N–H and O–H groups in total. The third-order valence-corrected chi connectivity index (χ3v) is 12.3. The first-order valence-corrected chi connectivity index (χ1v) is 22.0. The first-order valence-electron chi connectivity index (χ1n) is 22.0. The standard InChI is InChI=1S/C49H37N2O.C10H7N2.Ir/c1-29(2)40-26-35(31-13-6-5-7-14-31)27-41(30(3)4)46(40)51-47-37-18-11-9-16-33(37)23-24-44(47)50-49(51)39-20-12-19-38-43-25-34-22-21-32-15-8-10-17-36(32)42(34)28-45(43)52-48(38)39;1-2-5-9(6-3-1)10-11-7-4-8-12-10;/h5-19,21-30H,1-4H3;1-5,7-8H;/q2*-1;. The normalized spacial score (nSPS) is 11.5. The van der Waals surface area contributed by atoms with Crippen molar-refractivity contribution >= 4 is 65.3 Å². The quantitative estimate of drug-likeness (QED) is 0.123. The van der Waals surface area contributed by atoms with E-state index in [-0.39, 0.29) is 31.9 Å². The topological polar surface area (TPSA) is 56.7 Å². The molecule has 6 heteroatoms. The zero-order chi connectivity index (χ0) is 43.3. The Labute approximate surface area is 391 Å². The average Bonchev–Trinajstić information content (AvgIpc) is 3.92. The van der Waals surface area contributed by atoms with E-state index >= 15 is 0 Å². The van der Waals surface area contributed by atoms with Gasteiger partial charge in [-0.15, -0.1) is 54.1 Å². The van der Waals surface area contributed by atoms with Gasteiger partial charge in [-0.1, -0.05) is 136 Å². The molecular formula is C59H44IrN4O-2. The second-order valence-corrected chi connectivity index (χ2v) is 17.0. The molecule has 0 fully saturated rings. The number of aromatic nitrogens is 4. The van der Waals surface area contributed by atoms with Crippen LogP contribution in [0.25, 0.3) is 105 Å². The monoisotopic (exact) mass is 1020 g/mol. The smallest absolute Gasteiger partial charge is 0.121 e. The molecular weight excluding hydrogens is 973 g/mol. The van der Waals surface area contributed by atoms with Gasteiger partial charge in [0.05, 0.1) is 28.3 Å². The number of benzene rings is 9. The second-order valence-electron chi connectivity index (χ2n) is 17.0. The Kier molecular flexibility index (Phi) is 11.2. The van der Waals surface area contributed by atoms with Gasteiger partial charge in [0.2, 0.25) is 0 Å². The van der Waals surface area contributed by atoms with E-state index in [0.29, 0.717) is 0 Å². The van der Waals surface area contributed by atoms with Gasteiger partial charge in [0.1, 0.15) is 5.58 Å². The van der Waals surface area contributed by atoms with Crippen LogP contribution in [0.5, 0.6) is 0 Å². The summed E-state index contributed by atoms with van der Waals surface area (Å²) in [5.41, 5.74) is 11.7. The number of hydrogen-bond donors (Lipinski definition) is 0. The van der Waals surface area contributed by atoms with Crippen LogP contribution in [0.3, 0.4) is 0 Å². The van der Waals surface area contributed by atoms with Crippen LogP contribution in [-0.4, -0.2) is 19.5 Å². The van der Waals surface area contributed by atoms with E-state index in [2.05, 4.69) is 188 Å². The number of fused-ring (bicyclic) bond motifs is 9. The summed E-state index contributed by atoms with van der Waals surface area (Å²) < 4.78 is 9.35. The molecule has 3 aromatic heterocycles. The SMILES string of the molecule is CC(C)c1cc(-c2ccccc2)cc(C(C)C)c1-n1c(-c2[c-]ccc3c2oc2cc4c(ccc5ccccc54)cc23)nc2ccc3ccccc3c21.[Ir].[c-]1ccccc1-c1ncccn1. The molecule has 3 heterocycles. The Morgan fingerprint density at radius 2 is 1.18 bits per heavy atom. The van der Waals surface area contributed by atoms with Crippen LogP contribution in [0.4, 0.5) is 0 Å². The van der Waals surface area contributed by atoms with Crippen molar-refractivity contribution in [3.63, 3.8) is 0 Å². The zero-order valence-electron chi connectivity index (χ0n) is 36.5. The summed E-state index contributed by atoms with van der Waals surface area (Å²) in [5, 5.41) is 9.36. The third-order valence-electron chi connectivity index (χ3n) is 12.3. The van der Waals surface area contributed by atoms with Gasteiger partial charge in [0.15, 0.2) is 0 Å². The van der Waals surface area contributed by atoms with Gasteiger partial charge in [-0.05, 0) is 97.4 Å². The van der Waals surface area contributed by atoms with Crippen molar-refractivity contribution in [3.05, 3.63) is 206 Å². The minimum atomic E-state index is 0. The van der Waals surface area contributed by atoms with Crippen molar-refractivity contribution < 1.29 is 24.5 Å². The minimum Gasteiger partial charge on any atom is -0.501 e. The summed E-state index contributed by atoms with van der Waals surface area (Å²) in [6, 6.07) is 66.3. The van der Waals surface area contributed by atoms with Crippen LogP contribution in [0.2, 0.25) is 0 Å². The Bertz CT molecular complexity index is 3600. The zero-order valence-corrected chi connectivity index (χ0v) is 38.9. The molecule has 12 rings (SSSR count). The molecule has 0 saturated carbocycles. The molecule has 0 spiro atoms. The molecule has 0 saturated heterocycles. The number of hydrogen-bond acceptors (Lipinski definition) is 4. The van der Waals surface area contributed by atoms with Crippen LogP contribution < -0.4 is 0 Å². The summed E-state index contributed by atoms with van der Waals surface area (Å²) in [5.74, 6) is 2.06. The second kappa shape index (κ2) is 17.4. The molecule has 1 radical (unpaired) electrons. The van der Waals surface area contributed by atoms with E-state index in [1.165, 1.54) is 60.3 Å². The van der Waals surface area contributed by atoms with E-state index in [1.54, 1.807) is 18.5 Å². The maximum atomic E-state index is 6.92. The summed E-state index contributed by atoms with van der Waals surface area (Å²) in [7, 11) is 0. The van der Waals surface area contributed by atoms with Crippen molar-refractivity contribution in [2.75, 3.05) is 0 Å². The Morgan fingerprint density at radius 1 is 0.523 bits per heavy atom. The van der Waals surface area contributed by atoms with Crippen molar-refractivity contribution in [1.82, 2.24) is 19.5 Å². The van der Waals surface area contributed by atoms with Crippen LogP contribution in [0.1, 0.15) is 50.7 Å². The van der Waals surface area contributed by atoms with Crippen molar-refractivity contribution in [2.24, 2.45) is 0 Å². The molecule has 12 aromatic rings. The number of imidazole rings is 1. The number of furan rings is 1. The number of nitrogens with zero attached hydrogens (tertiary/aromatic N) is 4. The Hall–Kier alpha value is -7.24. The van der Waals surface area contributed by atoms with Gasteiger partial charge in [0.25, 0.3) is 0 Å². The molecule has 0 amide bonds. The molecule has 0 aliphatic carbocycles. The third kappa shape index (κ3) is 7.49. The molecule has 0 bridgehead atoms. The predicted octanol–water partition coefficient (Wildman–Crippen LogP) is 15.7. The minimum absolute atomic E-state index is 0. The first kappa shape index (κ1) is 41.8. The van der Waals surface area contributed by atoms with Crippen LogP contribution in [-0.2, 0) is 20.1 Å². The van der Waals surface area contributed by atoms with Gasteiger partial charge >= 0.3 is 0 Å². The Morgan fingerprint density at radius 3 is 1.91 bits per heavy atom. The molecule has 0 aliphatic heterocycles. The summed E-state index contributed by atoms with van der Waals surface area (Å²) in [6.07, 6.45) is 3.45. The molecule has 5 nitrogen and oxygen atoms in total. The maximum absolute atomic E-state index is 6.92. The fraction of sp³-hybridized carbons (Fsp3) is 0.102. The summed E-state index contributed by atoms with van der Waals surface area (Å²) in [4.78, 5) is 13.7. The van der Waals surface area contributed by atoms with Crippen LogP contribution in [0, 0.1) is 12.1 Å². The van der Waals surface area contributed by atoms with E-state index in [9.17, 15) is 0 Å². The first-order chi connectivity index (χ1) is 31.4. The molecule has 0 aliphatic rings. The molecule has 317 valence electrons. The van der Waals surface area contributed by atoms with E-state index in [1.807, 2.05) is 30.3 Å². The number of rotatable bonds is 6. The van der Waals surface area contributed by atoms with Crippen LogP contribution >= 0.6 is 0 Å². The van der Waals surface area contributed by atoms with Gasteiger partial charge in [-0.25, -0.2) is 0 Å². The fourth-order valence-electron chi connectivity index (χ4n) is 9.22. The molecule has 65 heavy (non-hydrogen) atoms. The van der Waals surface area contributed by atoms with Gasteiger partial charge in [-0.2, -0.15) is 0 Å². The summed E-state index contributed by atoms with van der Waals surface area (Å²) in [6.45, 7) is 9.20. The van der Waals surface area contributed by atoms with Crippen LogP contribution in [0.15, 0.2) is 187 Å². The van der Waals surface area contributed by atoms with Gasteiger partial charge in [0, 0.05) is 49.0 Å². The van der Waals surface area contributed by atoms with E-state index in [4.69, 9.17) is 9.40 Å². The van der Waals surface area contributed by atoms with Crippen molar-refractivity contribution in [1.29, 1.82) is 0 Å². The van der Waals surface area contributed by atoms with Gasteiger partial charge in [-0.3, -0.25) is 15.0 Å². The fourth-order valence-corrected chi connectivity index (χ4v) is 9.22. The van der Waals surface area contributed by atoms with E-state index < -0.39 is 0 Å². The average molecular weight is 1020 g/mol. The molecule has 9 aromatic carbocycles.